The number of rotatable bonds is 6. The van der Waals surface area contributed by atoms with Gasteiger partial charge >= 0.3 is 0 Å². The molecule has 5 heteroatoms. The van der Waals surface area contributed by atoms with Crippen LogP contribution in [0.4, 0.5) is 0 Å². The summed E-state index contributed by atoms with van der Waals surface area (Å²) in [5.41, 5.74) is 1.58. The van der Waals surface area contributed by atoms with E-state index in [9.17, 15) is 0 Å². The van der Waals surface area contributed by atoms with Crippen molar-refractivity contribution in [1.82, 2.24) is 14.8 Å². The Labute approximate surface area is 156 Å². The van der Waals surface area contributed by atoms with Crippen molar-refractivity contribution < 1.29 is 9.15 Å². The normalized spacial score (nSPS) is 23.7. The molecule has 2 aromatic rings. The number of nitrogens with zero attached hydrogens (tertiary/aromatic N) is 3. The highest BCUT2D eigenvalue weighted by Gasteiger charge is 2.45. The lowest BCUT2D eigenvalue weighted by atomic mass is 9.76. The molecule has 2 fully saturated rings. The third kappa shape index (κ3) is 4.00. The van der Waals surface area contributed by atoms with E-state index in [2.05, 4.69) is 33.0 Å². The summed E-state index contributed by atoms with van der Waals surface area (Å²) in [6, 6.07) is 10.7. The fourth-order valence-electron chi connectivity index (χ4n) is 4.67. The van der Waals surface area contributed by atoms with Crippen LogP contribution in [0.3, 0.4) is 0 Å². The van der Waals surface area contributed by atoms with Gasteiger partial charge in [-0.3, -0.25) is 14.8 Å². The summed E-state index contributed by atoms with van der Waals surface area (Å²) in [6.45, 7) is 6.13. The summed E-state index contributed by atoms with van der Waals surface area (Å²) < 4.78 is 11.0. The van der Waals surface area contributed by atoms with Gasteiger partial charge in [-0.25, -0.2) is 0 Å². The van der Waals surface area contributed by atoms with Gasteiger partial charge in [-0.1, -0.05) is 6.07 Å². The third-order valence-electron chi connectivity index (χ3n) is 6.05. The summed E-state index contributed by atoms with van der Waals surface area (Å²) in [5, 5.41) is 0. The van der Waals surface area contributed by atoms with Crippen molar-refractivity contribution in [3.63, 3.8) is 0 Å². The topological polar surface area (TPSA) is 41.7 Å². The number of piperidine rings is 1. The lowest BCUT2D eigenvalue weighted by molar-refractivity contribution is 0.0964. The molecule has 2 saturated heterocycles. The smallest absolute Gasteiger partial charge is 0.117 e. The Morgan fingerprint density at radius 2 is 2.08 bits per heavy atom. The summed E-state index contributed by atoms with van der Waals surface area (Å²) in [6.07, 6.45) is 7.41. The standard InChI is InChI=1S/C21H29N3O2/c1-25-16-19-13-21(17-24(19)14-18-5-2-3-9-22-18)7-10-23(11-8-21)15-20-6-4-12-26-20/h2-6,9,12,19H,7-8,10-11,13-17H2,1H3/t19-/m1/s1. The molecule has 1 atom stereocenters. The van der Waals surface area contributed by atoms with Crippen LogP contribution < -0.4 is 0 Å². The van der Waals surface area contributed by atoms with Gasteiger partial charge in [0.2, 0.25) is 0 Å². The van der Waals surface area contributed by atoms with E-state index in [0.29, 0.717) is 11.5 Å². The van der Waals surface area contributed by atoms with Crippen LogP contribution in [0.15, 0.2) is 47.2 Å². The molecular formula is C21H29N3O2. The van der Waals surface area contributed by atoms with E-state index in [1.807, 2.05) is 25.4 Å². The zero-order valence-corrected chi connectivity index (χ0v) is 15.6. The van der Waals surface area contributed by atoms with Crippen LogP contribution in [-0.4, -0.2) is 54.2 Å². The summed E-state index contributed by atoms with van der Waals surface area (Å²) in [5.74, 6) is 1.07. The zero-order chi connectivity index (χ0) is 17.8. The second kappa shape index (κ2) is 7.91. The van der Waals surface area contributed by atoms with E-state index < -0.39 is 0 Å². The molecule has 140 valence electrons. The summed E-state index contributed by atoms with van der Waals surface area (Å²) in [7, 11) is 1.82. The quantitative estimate of drug-likeness (QED) is 0.796. The van der Waals surface area contributed by atoms with Gasteiger partial charge in [0.1, 0.15) is 5.76 Å². The van der Waals surface area contributed by atoms with Crippen LogP contribution in [0.1, 0.15) is 30.7 Å². The number of hydrogen-bond acceptors (Lipinski definition) is 5. The first-order chi connectivity index (χ1) is 12.8. The predicted octanol–water partition coefficient (Wildman–Crippen LogP) is 3.18. The Kier molecular flexibility index (Phi) is 5.38. The predicted molar refractivity (Wildman–Crippen MR) is 101 cm³/mol. The maximum atomic E-state index is 5.53. The number of pyridine rings is 1. The number of methoxy groups -OCH3 is 1. The molecule has 0 aliphatic carbocycles. The van der Waals surface area contributed by atoms with Gasteiger partial charge in [0.15, 0.2) is 0 Å². The molecule has 5 nitrogen and oxygen atoms in total. The van der Waals surface area contributed by atoms with E-state index in [4.69, 9.17) is 9.15 Å². The van der Waals surface area contributed by atoms with Crippen molar-refractivity contribution in [2.75, 3.05) is 33.4 Å². The van der Waals surface area contributed by atoms with Crippen molar-refractivity contribution in [1.29, 1.82) is 0 Å². The lowest BCUT2D eigenvalue weighted by Gasteiger charge is -2.39. The molecule has 26 heavy (non-hydrogen) atoms. The lowest BCUT2D eigenvalue weighted by Crippen LogP contribution is -2.41. The van der Waals surface area contributed by atoms with Crippen LogP contribution in [-0.2, 0) is 17.8 Å². The molecule has 0 radical (unpaired) electrons. The minimum Gasteiger partial charge on any atom is -0.468 e. The van der Waals surface area contributed by atoms with Crippen LogP contribution >= 0.6 is 0 Å². The molecule has 0 bridgehead atoms. The highest BCUT2D eigenvalue weighted by Crippen LogP contribution is 2.44. The largest absolute Gasteiger partial charge is 0.468 e. The second-order valence-electron chi connectivity index (χ2n) is 7.89. The molecule has 4 heterocycles. The first-order valence-electron chi connectivity index (χ1n) is 9.64. The van der Waals surface area contributed by atoms with Crippen LogP contribution in [0.25, 0.3) is 0 Å². The Morgan fingerprint density at radius 3 is 2.77 bits per heavy atom. The first kappa shape index (κ1) is 17.7. The first-order valence-corrected chi connectivity index (χ1v) is 9.64. The van der Waals surface area contributed by atoms with Crippen LogP contribution in [0, 0.1) is 5.41 Å². The molecule has 0 unspecified atom stereocenters. The molecule has 0 saturated carbocycles. The van der Waals surface area contributed by atoms with E-state index in [1.54, 1.807) is 6.26 Å². The molecule has 0 N–H and O–H groups in total. The van der Waals surface area contributed by atoms with Crippen LogP contribution in [0.5, 0.6) is 0 Å². The Morgan fingerprint density at radius 1 is 1.19 bits per heavy atom. The number of furan rings is 1. The van der Waals surface area contributed by atoms with Gasteiger partial charge in [-0.15, -0.1) is 0 Å². The van der Waals surface area contributed by atoms with E-state index in [1.165, 1.54) is 19.3 Å². The minimum atomic E-state index is 0.428. The Bertz CT molecular complexity index is 666. The van der Waals surface area contributed by atoms with Crippen molar-refractivity contribution in [3.8, 4) is 0 Å². The average Bonchev–Trinajstić information content (AvgIpc) is 3.27. The molecule has 0 amide bonds. The van der Waals surface area contributed by atoms with E-state index in [-0.39, 0.29) is 0 Å². The maximum absolute atomic E-state index is 5.53. The maximum Gasteiger partial charge on any atom is 0.117 e. The van der Waals surface area contributed by atoms with Crippen LogP contribution in [0.2, 0.25) is 0 Å². The monoisotopic (exact) mass is 355 g/mol. The van der Waals surface area contributed by atoms with Gasteiger partial charge in [0.25, 0.3) is 0 Å². The number of aromatic nitrogens is 1. The van der Waals surface area contributed by atoms with Gasteiger partial charge in [-0.05, 0) is 62.0 Å². The van der Waals surface area contributed by atoms with Gasteiger partial charge in [0.05, 0.1) is 25.1 Å². The molecule has 2 aliphatic rings. The fraction of sp³-hybridized carbons (Fsp3) is 0.571. The highest BCUT2D eigenvalue weighted by molar-refractivity contribution is 5.07. The van der Waals surface area contributed by atoms with Gasteiger partial charge in [-0.2, -0.15) is 0 Å². The van der Waals surface area contributed by atoms with Crippen molar-refractivity contribution in [2.24, 2.45) is 5.41 Å². The van der Waals surface area contributed by atoms with E-state index in [0.717, 1.165) is 50.8 Å². The SMILES string of the molecule is COC[C@H]1CC2(CCN(Cc3ccco3)CC2)CN1Cc1ccccn1. The zero-order valence-electron chi connectivity index (χ0n) is 15.6. The highest BCUT2D eigenvalue weighted by atomic mass is 16.5. The average molecular weight is 355 g/mol. The number of ether oxygens (including phenoxy) is 1. The molecule has 4 rings (SSSR count). The number of likely N-dealkylation sites (tertiary alicyclic amines) is 2. The summed E-state index contributed by atoms with van der Waals surface area (Å²) >= 11 is 0. The fourth-order valence-corrected chi connectivity index (χ4v) is 4.67. The van der Waals surface area contributed by atoms with Gasteiger partial charge in [0, 0.05) is 32.4 Å². The second-order valence-corrected chi connectivity index (χ2v) is 7.89. The van der Waals surface area contributed by atoms with Crippen molar-refractivity contribution in [3.05, 3.63) is 54.2 Å². The molecule has 2 aliphatic heterocycles. The minimum absolute atomic E-state index is 0.428. The van der Waals surface area contributed by atoms with Crippen molar-refractivity contribution >= 4 is 0 Å². The Hall–Kier alpha value is -1.69. The Balaban J connectivity index is 1.38. The van der Waals surface area contributed by atoms with Gasteiger partial charge < -0.3 is 9.15 Å². The molecule has 2 aromatic heterocycles. The van der Waals surface area contributed by atoms with E-state index >= 15 is 0 Å². The molecule has 0 aromatic carbocycles. The van der Waals surface area contributed by atoms with Crippen molar-refractivity contribution in [2.45, 2.75) is 38.4 Å². The molecular weight excluding hydrogens is 326 g/mol. The summed E-state index contributed by atoms with van der Waals surface area (Å²) in [4.78, 5) is 9.64. The molecule has 1 spiro atoms. The third-order valence-corrected chi connectivity index (χ3v) is 6.05. The number of hydrogen-bond donors (Lipinski definition) is 0.